The third-order valence-electron chi connectivity index (χ3n) is 4.64. The van der Waals surface area contributed by atoms with Crippen molar-refractivity contribution in [3.05, 3.63) is 24.1 Å². The molecule has 1 aliphatic carbocycles. The molecule has 2 aliphatic rings. The zero-order chi connectivity index (χ0) is 14.2. The molecule has 0 atom stereocenters. The first-order chi connectivity index (χ1) is 10.3. The van der Waals surface area contributed by atoms with Gasteiger partial charge in [0.05, 0.1) is 6.20 Å². The molecular formula is C16H18N4O. The van der Waals surface area contributed by atoms with E-state index in [9.17, 15) is 0 Å². The molecule has 0 amide bonds. The Morgan fingerprint density at radius 1 is 1.29 bits per heavy atom. The molecule has 3 heterocycles. The molecule has 2 aromatic rings. The van der Waals surface area contributed by atoms with Crippen LogP contribution in [0.4, 0.5) is 5.82 Å². The molecule has 2 aromatic heterocycles. The average Bonchev–Trinajstić information content (AvgIpc) is 3.10. The van der Waals surface area contributed by atoms with Gasteiger partial charge in [-0.2, -0.15) is 5.26 Å². The van der Waals surface area contributed by atoms with Crippen molar-refractivity contribution in [1.29, 1.82) is 5.26 Å². The smallest absolute Gasteiger partial charge is 0.204 e. The summed E-state index contributed by atoms with van der Waals surface area (Å²) in [5, 5.41) is 13.3. The predicted molar refractivity (Wildman–Crippen MR) is 80.0 cm³/mol. The van der Waals surface area contributed by atoms with E-state index < -0.39 is 0 Å². The molecule has 1 saturated carbocycles. The average molecular weight is 282 g/mol. The first-order valence-electron chi connectivity index (χ1n) is 7.62. The predicted octanol–water partition coefficient (Wildman–Crippen LogP) is 2.74. The van der Waals surface area contributed by atoms with Gasteiger partial charge in [-0.15, -0.1) is 0 Å². The molecule has 0 spiro atoms. The number of hydrogen-bond donors (Lipinski definition) is 1. The van der Waals surface area contributed by atoms with Gasteiger partial charge in [0.25, 0.3) is 0 Å². The Labute approximate surface area is 123 Å². The molecule has 5 heteroatoms. The highest BCUT2D eigenvalue weighted by atomic mass is 16.3. The summed E-state index contributed by atoms with van der Waals surface area (Å²) in [6.45, 7) is 2.54. The molecule has 0 radical (unpaired) electrons. The van der Waals surface area contributed by atoms with Crippen molar-refractivity contribution < 1.29 is 4.42 Å². The lowest BCUT2D eigenvalue weighted by Gasteiger charge is -2.41. The van der Waals surface area contributed by atoms with E-state index >= 15 is 0 Å². The van der Waals surface area contributed by atoms with Gasteiger partial charge in [-0.1, -0.05) is 0 Å². The van der Waals surface area contributed by atoms with Crippen molar-refractivity contribution in [3.8, 4) is 6.07 Å². The Bertz CT molecular complexity index is 690. The van der Waals surface area contributed by atoms with Crippen LogP contribution in [0.3, 0.4) is 0 Å². The first-order valence-corrected chi connectivity index (χ1v) is 7.62. The maximum absolute atomic E-state index is 8.85. The van der Waals surface area contributed by atoms with Gasteiger partial charge in [0, 0.05) is 23.5 Å². The fraction of sp³-hybridized carbons (Fsp3) is 0.500. The van der Waals surface area contributed by atoms with Gasteiger partial charge in [0.1, 0.15) is 11.9 Å². The molecule has 4 rings (SSSR count). The van der Waals surface area contributed by atoms with Crippen LogP contribution in [0.2, 0.25) is 0 Å². The van der Waals surface area contributed by atoms with E-state index in [1.165, 1.54) is 38.8 Å². The van der Waals surface area contributed by atoms with Gasteiger partial charge in [-0.25, -0.2) is 4.98 Å². The Morgan fingerprint density at radius 3 is 2.86 bits per heavy atom. The Kier molecular flexibility index (Phi) is 3.04. The number of pyridine rings is 1. The maximum Gasteiger partial charge on any atom is 0.204 e. The van der Waals surface area contributed by atoms with Crippen LogP contribution >= 0.6 is 0 Å². The normalized spacial score (nSPS) is 25.7. The summed E-state index contributed by atoms with van der Waals surface area (Å²) in [5.74, 6) is 1.21. The SMILES string of the molecule is N#Cc1cc2cc(NC3CC(N4CCCC4)C3)ncc2o1. The highest BCUT2D eigenvalue weighted by Crippen LogP contribution is 2.31. The minimum Gasteiger partial charge on any atom is -0.444 e. The van der Waals surface area contributed by atoms with E-state index in [2.05, 4.69) is 15.2 Å². The highest BCUT2D eigenvalue weighted by Gasteiger charge is 2.34. The fourth-order valence-corrected chi connectivity index (χ4v) is 3.40. The molecule has 2 fully saturated rings. The third-order valence-corrected chi connectivity index (χ3v) is 4.64. The zero-order valence-electron chi connectivity index (χ0n) is 11.9. The van der Waals surface area contributed by atoms with Gasteiger partial charge in [-0.3, -0.25) is 0 Å². The van der Waals surface area contributed by atoms with Crippen molar-refractivity contribution in [3.63, 3.8) is 0 Å². The molecular weight excluding hydrogens is 264 g/mol. The lowest BCUT2D eigenvalue weighted by Crippen LogP contribution is -2.48. The molecule has 0 aromatic carbocycles. The molecule has 0 bridgehead atoms. The summed E-state index contributed by atoms with van der Waals surface area (Å²) in [4.78, 5) is 6.99. The quantitative estimate of drug-likeness (QED) is 0.937. The Balaban J connectivity index is 1.40. The Morgan fingerprint density at radius 2 is 2.10 bits per heavy atom. The standard InChI is InChI=1S/C16H18N4O/c17-9-14-5-11-6-16(18-10-15(11)21-14)19-12-7-13(8-12)20-3-1-2-4-20/h5-6,10,12-13H,1-4,7-8H2,(H,18,19). The Hall–Kier alpha value is -2.06. The minimum atomic E-state index is 0.335. The number of nitrogens with one attached hydrogen (secondary N) is 1. The monoisotopic (exact) mass is 282 g/mol. The van der Waals surface area contributed by atoms with Gasteiger partial charge >= 0.3 is 0 Å². The zero-order valence-corrected chi connectivity index (χ0v) is 11.9. The second-order valence-electron chi connectivity index (χ2n) is 6.04. The van der Waals surface area contributed by atoms with E-state index in [-0.39, 0.29) is 0 Å². The van der Waals surface area contributed by atoms with Crippen molar-refractivity contribution >= 4 is 16.8 Å². The van der Waals surface area contributed by atoms with E-state index in [0.29, 0.717) is 17.4 Å². The van der Waals surface area contributed by atoms with Gasteiger partial charge in [-0.05, 0) is 44.8 Å². The summed E-state index contributed by atoms with van der Waals surface area (Å²) in [6.07, 6.45) is 6.81. The summed E-state index contributed by atoms with van der Waals surface area (Å²) in [6, 6.07) is 7.01. The van der Waals surface area contributed by atoms with Gasteiger partial charge < -0.3 is 14.6 Å². The largest absolute Gasteiger partial charge is 0.444 e. The van der Waals surface area contributed by atoms with E-state index in [0.717, 1.165) is 17.2 Å². The van der Waals surface area contributed by atoms with E-state index in [4.69, 9.17) is 9.68 Å². The van der Waals surface area contributed by atoms with Crippen LogP contribution in [-0.2, 0) is 0 Å². The summed E-state index contributed by atoms with van der Waals surface area (Å²) in [5.41, 5.74) is 0.667. The van der Waals surface area contributed by atoms with Crippen LogP contribution in [0.5, 0.6) is 0 Å². The second-order valence-corrected chi connectivity index (χ2v) is 6.04. The minimum absolute atomic E-state index is 0.335. The molecule has 5 nitrogen and oxygen atoms in total. The van der Waals surface area contributed by atoms with Crippen LogP contribution < -0.4 is 5.32 Å². The van der Waals surface area contributed by atoms with Crippen molar-refractivity contribution in [2.24, 2.45) is 0 Å². The lowest BCUT2D eigenvalue weighted by molar-refractivity contribution is 0.145. The van der Waals surface area contributed by atoms with Crippen LogP contribution in [0, 0.1) is 11.3 Å². The number of hydrogen-bond acceptors (Lipinski definition) is 5. The van der Waals surface area contributed by atoms with Crippen LogP contribution in [0.15, 0.2) is 22.7 Å². The van der Waals surface area contributed by atoms with Gasteiger partial charge in [0.2, 0.25) is 5.76 Å². The number of nitrogens with zero attached hydrogens (tertiary/aromatic N) is 3. The fourth-order valence-electron chi connectivity index (χ4n) is 3.40. The van der Waals surface area contributed by atoms with Crippen LogP contribution in [-0.4, -0.2) is 35.1 Å². The molecule has 0 unspecified atom stereocenters. The van der Waals surface area contributed by atoms with Gasteiger partial charge in [0.15, 0.2) is 5.58 Å². The topological polar surface area (TPSA) is 65.1 Å². The molecule has 108 valence electrons. The molecule has 1 aliphatic heterocycles. The van der Waals surface area contributed by atoms with Crippen LogP contribution in [0.1, 0.15) is 31.4 Å². The summed E-state index contributed by atoms with van der Waals surface area (Å²) in [7, 11) is 0. The number of likely N-dealkylation sites (tertiary alicyclic amines) is 1. The van der Waals surface area contributed by atoms with Crippen LogP contribution in [0.25, 0.3) is 11.0 Å². The number of aromatic nitrogens is 1. The highest BCUT2D eigenvalue weighted by molar-refractivity contribution is 5.80. The van der Waals surface area contributed by atoms with E-state index in [1.54, 1.807) is 12.3 Å². The first kappa shape index (κ1) is 12.7. The molecule has 21 heavy (non-hydrogen) atoms. The van der Waals surface area contributed by atoms with Crippen molar-refractivity contribution in [2.45, 2.75) is 37.8 Å². The van der Waals surface area contributed by atoms with Crippen molar-refractivity contribution in [2.75, 3.05) is 18.4 Å². The number of nitriles is 1. The summed E-state index contributed by atoms with van der Waals surface area (Å²) < 4.78 is 5.34. The summed E-state index contributed by atoms with van der Waals surface area (Å²) >= 11 is 0. The third kappa shape index (κ3) is 2.36. The number of fused-ring (bicyclic) bond motifs is 1. The molecule has 1 saturated heterocycles. The molecule has 1 N–H and O–H groups in total. The second kappa shape index (κ2) is 5.05. The lowest BCUT2D eigenvalue weighted by atomic mass is 9.85. The van der Waals surface area contributed by atoms with Crippen molar-refractivity contribution in [1.82, 2.24) is 9.88 Å². The maximum atomic E-state index is 8.85. The number of furan rings is 1. The number of anilines is 1. The van der Waals surface area contributed by atoms with E-state index in [1.807, 2.05) is 12.1 Å². The number of rotatable bonds is 3.